The fourth-order valence-electron chi connectivity index (χ4n) is 3.60. The lowest BCUT2D eigenvalue weighted by atomic mass is 10.1. The van der Waals surface area contributed by atoms with Crippen molar-refractivity contribution in [1.82, 2.24) is 14.9 Å². The molecule has 1 aromatic heterocycles. The van der Waals surface area contributed by atoms with Gasteiger partial charge >= 0.3 is 0 Å². The fraction of sp³-hybridized carbons (Fsp3) is 0.524. The number of piperazine rings is 1. The molecule has 0 atom stereocenters. The molecule has 1 aromatic carbocycles. The molecule has 0 amide bonds. The van der Waals surface area contributed by atoms with Crippen LogP contribution in [0.5, 0.6) is 11.5 Å². The van der Waals surface area contributed by atoms with Gasteiger partial charge in [0.15, 0.2) is 11.5 Å². The molecule has 2 aliphatic heterocycles. The first-order valence-electron chi connectivity index (χ1n) is 10.2. The Bertz CT molecular complexity index is 805. The van der Waals surface area contributed by atoms with Gasteiger partial charge in [0.05, 0.1) is 0 Å². The Kier molecular flexibility index (Phi) is 5.81. The molecule has 1 fully saturated rings. The monoisotopic (exact) mass is 383 g/mol. The maximum atomic E-state index is 5.49. The van der Waals surface area contributed by atoms with Gasteiger partial charge in [-0.3, -0.25) is 4.90 Å². The van der Waals surface area contributed by atoms with E-state index in [4.69, 9.17) is 14.5 Å². The first-order chi connectivity index (χ1) is 13.7. The van der Waals surface area contributed by atoms with Crippen LogP contribution in [0.1, 0.15) is 31.0 Å². The Morgan fingerprint density at radius 2 is 1.86 bits per heavy atom. The Morgan fingerprint density at radius 3 is 2.68 bits per heavy atom. The predicted molar refractivity (Wildman–Crippen MR) is 110 cm³/mol. The number of aryl methyl sites for hydroxylation is 1. The zero-order valence-corrected chi connectivity index (χ0v) is 16.8. The summed E-state index contributed by atoms with van der Waals surface area (Å²) >= 11 is 0. The molecule has 0 aliphatic carbocycles. The largest absolute Gasteiger partial charge is 0.454 e. The summed E-state index contributed by atoms with van der Waals surface area (Å²) in [5.41, 5.74) is 2.27. The summed E-state index contributed by atoms with van der Waals surface area (Å²) < 4.78 is 10.9. The zero-order chi connectivity index (χ0) is 19.3. The molecule has 0 unspecified atom stereocenters. The number of anilines is 2. The molecule has 2 aliphatic rings. The molecule has 2 aromatic rings. The minimum absolute atomic E-state index is 0.325. The molecule has 3 heterocycles. The van der Waals surface area contributed by atoms with Crippen LogP contribution in [0.25, 0.3) is 0 Å². The molecule has 4 rings (SSSR count). The average Bonchev–Trinajstić information content (AvgIpc) is 3.16. The van der Waals surface area contributed by atoms with Crippen molar-refractivity contribution in [2.75, 3.05) is 49.7 Å². The molecule has 150 valence electrons. The number of fused-ring (bicyclic) bond motifs is 1. The summed E-state index contributed by atoms with van der Waals surface area (Å²) in [7, 11) is 0. The van der Waals surface area contributed by atoms with E-state index in [2.05, 4.69) is 45.2 Å². The van der Waals surface area contributed by atoms with E-state index in [0.717, 1.165) is 81.1 Å². The van der Waals surface area contributed by atoms with Crippen LogP contribution in [0.15, 0.2) is 24.3 Å². The van der Waals surface area contributed by atoms with Gasteiger partial charge in [0.1, 0.15) is 5.82 Å². The summed E-state index contributed by atoms with van der Waals surface area (Å²) in [5.74, 6) is 3.47. The maximum Gasteiger partial charge on any atom is 0.231 e. The van der Waals surface area contributed by atoms with E-state index in [-0.39, 0.29) is 0 Å². The van der Waals surface area contributed by atoms with Gasteiger partial charge in [-0.25, -0.2) is 4.98 Å². The average molecular weight is 383 g/mol. The molecule has 0 spiro atoms. The van der Waals surface area contributed by atoms with Crippen LogP contribution < -0.4 is 19.7 Å². The van der Waals surface area contributed by atoms with Gasteiger partial charge in [-0.1, -0.05) is 19.4 Å². The molecule has 1 N–H and O–H groups in total. The number of aromatic nitrogens is 2. The number of nitrogens with one attached hydrogen (secondary N) is 1. The van der Waals surface area contributed by atoms with Gasteiger partial charge in [0, 0.05) is 51.0 Å². The Labute approximate surface area is 166 Å². The van der Waals surface area contributed by atoms with Crippen molar-refractivity contribution < 1.29 is 9.47 Å². The number of benzene rings is 1. The van der Waals surface area contributed by atoms with E-state index in [1.807, 2.05) is 13.0 Å². The fourth-order valence-corrected chi connectivity index (χ4v) is 3.60. The standard InChI is InChI=1S/C21H29N5O2/c1-3-4-7-22-21-23-16(2)12-20(24-21)26-10-8-25(9-11-26)14-17-5-6-18-19(13-17)28-15-27-18/h5-6,12-13H,3-4,7-11,14-15H2,1-2H3,(H,22,23,24). The summed E-state index contributed by atoms with van der Waals surface area (Å²) in [6.45, 7) is 10.3. The highest BCUT2D eigenvalue weighted by atomic mass is 16.7. The smallest absolute Gasteiger partial charge is 0.231 e. The number of ether oxygens (including phenoxy) is 2. The van der Waals surface area contributed by atoms with Crippen molar-refractivity contribution in [2.24, 2.45) is 0 Å². The molecule has 7 nitrogen and oxygen atoms in total. The number of rotatable bonds is 7. The van der Waals surface area contributed by atoms with Crippen molar-refractivity contribution in [3.8, 4) is 11.5 Å². The third-order valence-corrected chi connectivity index (χ3v) is 5.19. The number of unbranched alkanes of at least 4 members (excludes halogenated alkanes) is 1. The minimum atomic E-state index is 0.325. The van der Waals surface area contributed by atoms with Crippen LogP contribution in [-0.4, -0.2) is 54.4 Å². The molecule has 0 bridgehead atoms. The number of nitrogens with zero attached hydrogens (tertiary/aromatic N) is 4. The van der Waals surface area contributed by atoms with E-state index in [9.17, 15) is 0 Å². The molecular weight excluding hydrogens is 354 g/mol. The van der Waals surface area contributed by atoms with Crippen molar-refractivity contribution in [1.29, 1.82) is 0 Å². The van der Waals surface area contributed by atoms with Crippen LogP contribution in [-0.2, 0) is 6.54 Å². The Morgan fingerprint density at radius 1 is 1.04 bits per heavy atom. The van der Waals surface area contributed by atoms with Crippen molar-refractivity contribution in [3.05, 3.63) is 35.5 Å². The van der Waals surface area contributed by atoms with Gasteiger partial charge in [-0.05, 0) is 31.0 Å². The van der Waals surface area contributed by atoms with Crippen LogP contribution in [0.4, 0.5) is 11.8 Å². The minimum Gasteiger partial charge on any atom is -0.454 e. The van der Waals surface area contributed by atoms with Gasteiger partial charge in [-0.15, -0.1) is 0 Å². The second-order valence-corrected chi connectivity index (χ2v) is 7.42. The highest BCUT2D eigenvalue weighted by Gasteiger charge is 2.20. The van der Waals surface area contributed by atoms with Crippen molar-refractivity contribution in [3.63, 3.8) is 0 Å². The lowest BCUT2D eigenvalue weighted by Crippen LogP contribution is -2.46. The summed E-state index contributed by atoms with van der Waals surface area (Å²) in [5, 5.41) is 3.35. The second-order valence-electron chi connectivity index (χ2n) is 7.42. The van der Waals surface area contributed by atoms with Crippen LogP contribution >= 0.6 is 0 Å². The Hall–Kier alpha value is -2.54. The van der Waals surface area contributed by atoms with E-state index in [0.29, 0.717) is 6.79 Å². The van der Waals surface area contributed by atoms with Crippen molar-refractivity contribution in [2.45, 2.75) is 33.2 Å². The summed E-state index contributed by atoms with van der Waals surface area (Å²) in [6, 6.07) is 8.31. The Balaban J connectivity index is 1.33. The predicted octanol–water partition coefficient (Wildman–Crippen LogP) is 3.05. The van der Waals surface area contributed by atoms with Gasteiger partial charge in [-0.2, -0.15) is 4.98 Å². The third-order valence-electron chi connectivity index (χ3n) is 5.19. The highest BCUT2D eigenvalue weighted by Crippen LogP contribution is 2.33. The van der Waals surface area contributed by atoms with E-state index in [1.54, 1.807) is 0 Å². The lowest BCUT2D eigenvalue weighted by molar-refractivity contribution is 0.174. The van der Waals surface area contributed by atoms with Gasteiger partial charge < -0.3 is 19.7 Å². The molecule has 7 heteroatoms. The molecular formula is C21H29N5O2. The van der Waals surface area contributed by atoms with Crippen molar-refractivity contribution >= 4 is 11.8 Å². The summed E-state index contributed by atoms with van der Waals surface area (Å²) in [4.78, 5) is 14.1. The molecule has 0 radical (unpaired) electrons. The van der Waals surface area contributed by atoms with Crippen LogP contribution in [0.3, 0.4) is 0 Å². The molecule has 1 saturated heterocycles. The molecule has 28 heavy (non-hydrogen) atoms. The molecule has 0 saturated carbocycles. The number of hydrogen-bond donors (Lipinski definition) is 1. The quantitative estimate of drug-likeness (QED) is 0.737. The van der Waals surface area contributed by atoms with Crippen LogP contribution in [0, 0.1) is 6.92 Å². The number of hydrogen-bond acceptors (Lipinski definition) is 7. The van der Waals surface area contributed by atoms with E-state index >= 15 is 0 Å². The normalized spacial score (nSPS) is 16.4. The lowest BCUT2D eigenvalue weighted by Gasteiger charge is -2.35. The third kappa shape index (κ3) is 4.47. The summed E-state index contributed by atoms with van der Waals surface area (Å²) in [6.07, 6.45) is 2.29. The SMILES string of the molecule is CCCCNc1nc(C)cc(N2CCN(Cc3ccc4c(c3)OCO4)CC2)n1. The zero-order valence-electron chi connectivity index (χ0n) is 16.8. The highest BCUT2D eigenvalue weighted by molar-refractivity contribution is 5.46. The van der Waals surface area contributed by atoms with Gasteiger partial charge in [0.25, 0.3) is 0 Å². The first kappa shape index (κ1) is 18.8. The van der Waals surface area contributed by atoms with E-state index < -0.39 is 0 Å². The first-order valence-corrected chi connectivity index (χ1v) is 10.2. The van der Waals surface area contributed by atoms with Crippen LogP contribution in [0.2, 0.25) is 0 Å². The topological polar surface area (TPSA) is 62.8 Å². The second kappa shape index (κ2) is 8.65. The van der Waals surface area contributed by atoms with E-state index in [1.165, 1.54) is 5.56 Å². The maximum absolute atomic E-state index is 5.49. The van der Waals surface area contributed by atoms with Gasteiger partial charge in [0.2, 0.25) is 12.7 Å².